The van der Waals surface area contributed by atoms with Gasteiger partial charge in [-0.25, -0.2) is 0 Å². The van der Waals surface area contributed by atoms with Gasteiger partial charge in [-0.05, 0) is 22.6 Å². The molecule has 0 radical (unpaired) electrons. The van der Waals surface area contributed by atoms with Gasteiger partial charge in [0.1, 0.15) is 12.4 Å². The Bertz CT molecular complexity index is 310. The molecule has 0 bridgehead atoms. The molecular formula is C8H8N4O. The van der Waals surface area contributed by atoms with Crippen molar-refractivity contribution in [3.8, 4) is 5.75 Å². The number of hydrogen-bond acceptors (Lipinski definition) is 5. The van der Waals surface area contributed by atoms with Gasteiger partial charge in [-0.3, -0.25) is 0 Å². The second kappa shape index (κ2) is 3.75. The molecule has 1 aliphatic heterocycles. The summed E-state index contributed by atoms with van der Waals surface area (Å²) in [6.07, 6.45) is -0.278. The number of nitrogens with zero attached hydrogens (tertiary/aromatic N) is 4. The summed E-state index contributed by atoms with van der Waals surface area (Å²) in [5.74, 6) is 0.805. The average molecular weight is 176 g/mol. The van der Waals surface area contributed by atoms with Gasteiger partial charge in [0.25, 0.3) is 0 Å². The number of hydrogen-bond donors (Lipinski definition) is 0. The SMILES string of the molecule is c1ccc(OCC2N=NN=N2)cc1. The Morgan fingerprint density at radius 1 is 1.08 bits per heavy atom. The Hall–Kier alpha value is -1.78. The topological polar surface area (TPSA) is 58.7 Å². The monoisotopic (exact) mass is 176 g/mol. The largest absolute Gasteiger partial charge is 0.489 e. The molecule has 0 spiro atoms. The fraction of sp³-hybridized carbons (Fsp3) is 0.250. The second-order valence-corrected chi connectivity index (χ2v) is 2.51. The van der Waals surface area contributed by atoms with Crippen molar-refractivity contribution in [3.05, 3.63) is 30.3 Å². The standard InChI is InChI=1S/C8H8N4O/c1-2-4-7(5-3-1)13-6-8-9-11-12-10-8/h1-5,8H,6H2. The van der Waals surface area contributed by atoms with Crippen LogP contribution in [0.1, 0.15) is 0 Å². The first-order chi connectivity index (χ1) is 6.45. The molecule has 1 aromatic rings. The van der Waals surface area contributed by atoms with E-state index < -0.39 is 0 Å². The lowest BCUT2D eigenvalue weighted by atomic mass is 10.3. The lowest BCUT2D eigenvalue weighted by Gasteiger charge is -2.04. The number of rotatable bonds is 3. The van der Waals surface area contributed by atoms with Crippen LogP contribution in [0.4, 0.5) is 0 Å². The van der Waals surface area contributed by atoms with Crippen LogP contribution in [0, 0.1) is 0 Å². The molecule has 0 unspecified atom stereocenters. The van der Waals surface area contributed by atoms with E-state index in [0.29, 0.717) is 6.61 Å². The van der Waals surface area contributed by atoms with Crippen molar-refractivity contribution in [2.45, 2.75) is 6.17 Å². The van der Waals surface area contributed by atoms with Crippen LogP contribution in [-0.2, 0) is 0 Å². The Morgan fingerprint density at radius 3 is 2.46 bits per heavy atom. The Balaban J connectivity index is 1.86. The molecule has 0 saturated heterocycles. The van der Waals surface area contributed by atoms with Gasteiger partial charge in [-0.2, -0.15) is 0 Å². The van der Waals surface area contributed by atoms with Crippen molar-refractivity contribution >= 4 is 0 Å². The quantitative estimate of drug-likeness (QED) is 0.696. The minimum Gasteiger partial charge on any atom is -0.489 e. The van der Waals surface area contributed by atoms with E-state index in [1.54, 1.807) is 0 Å². The van der Waals surface area contributed by atoms with E-state index >= 15 is 0 Å². The maximum absolute atomic E-state index is 5.38. The minimum atomic E-state index is -0.278. The molecule has 0 amide bonds. The van der Waals surface area contributed by atoms with Crippen LogP contribution in [0.3, 0.4) is 0 Å². The van der Waals surface area contributed by atoms with E-state index in [0.717, 1.165) is 5.75 Å². The third-order valence-corrected chi connectivity index (χ3v) is 1.55. The molecule has 13 heavy (non-hydrogen) atoms. The van der Waals surface area contributed by atoms with Crippen molar-refractivity contribution in [1.82, 2.24) is 0 Å². The summed E-state index contributed by atoms with van der Waals surface area (Å²) < 4.78 is 5.38. The van der Waals surface area contributed by atoms with Crippen LogP contribution in [0.15, 0.2) is 51.0 Å². The summed E-state index contributed by atoms with van der Waals surface area (Å²) in [6.45, 7) is 0.386. The van der Waals surface area contributed by atoms with Crippen LogP contribution in [0.2, 0.25) is 0 Å². The zero-order valence-electron chi connectivity index (χ0n) is 6.87. The van der Waals surface area contributed by atoms with E-state index in [-0.39, 0.29) is 6.17 Å². The smallest absolute Gasteiger partial charge is 0.218 e. The zero-order chi connectivity index (χ0) is 8.93. The average Bonchev–Trinajstić information content (AvgIpc) is 2.69. The molecule has 1 aliphatic rings. The molecular weight excluding hydrogens is 168 g/mol. The summed E-state index contributed by atoms with van der Waals surface area (Å²) >= 11 is 0. The highest BCUT2D eigenvalue weighted by atomic mass is 16.5. The minimum absolute atomic E-state index is 0.278. The predicted octanol–water partition coefficient (Wildman–Crippen LogP) is 2.22. The van der Waals surface area contributed by atoms with Gasteiger partial charge in [-0.1, -0.05) is 18.2 Å². The first kappa shape index (κ1) is 7.85. The maximum Gasteiger partial charge on any atom is 0.218 e. The normalized spacial score (nSPS) is 15.1. The lowest BCUT2D eigenvalue weighted by molar-refractivity contribution is 0.291. The third kappa shape index (κ3) is 2.08. The van der Waals surface area contributed by atoms with Gasteiger partial charge >= 0.3 is 0 Å². The van der Waals surface area contributed by atoms with Gasteiger partial charge in [0.05, 0.1) is 0 Å². The summed E-state index contributed by atoms with van der Waals surface area (Å²) in [6, 6.07) is 9.51. The van der Waals surface area contributed by atoms with E-state index in [1.807, 2.05) is 30.3 Å². The molecule has 0 fully saturated rings. The van der Waals surface area contributed by atoms with Crippen molar-refractivity contribution in [2.24, 2.45) is 20.7 Å². The van der Waals surface area contributed by atoms with Crippen LogP contribution < -0.4 is 4.74 Å². The highest BCUT2D eigenvalue weighted by Crippen LogP contribution is 2.11. The molecule has 2 rings (SSSR count). The Morgan fingerprint density at radius 2 is 1.77 bits per heavy atom. The Labute approximate surface area is 75.1 Å². The molecule has 5 heteroatoms. The maximum atomic E-state index is 5.38. The van der Waals surface area contributed by atoms with Crippen molar-refractivity contribution in [2.75, 3.05) is 6.61 Å². The molecule has 0 saturated carbocycles. The zero-order valence-corrected chi connectivity index (χ0v) is 6.87. The number of ether oxygens (including phenoxy) is 1. The summed E-state index contributed by atoms with van der Waals surface area (Å²) in [5, 5.41) is 14.2. The second-order valence-electron chi connectivity index (χ2n) is 2.51. The van der Waals surface area contributed by atoms with Gasteiger partial charge in [0.15, 0.2) is 0 Å². The highest BCUT2D eigenvalue weighted by molar-refractivity contribution is 5.20. The predicted molar refractivity (Wildman–Crippen MR) is 45.4 cm³/mol. The molecule has 1 aromatic carbocycles. The van der Waals surface area contributed by atoms with Crippen molar-refractivity contribution < 1.29 is 4.74 Å². The molecule has 0 atom stereocenters. The van der Waals surface area contributed by atoms with Gasteiger partial charge in [0, 0.05) is 0 Å². The fourth-order valence-electron chi connectivity index (χ4n) is 0.943. The molecule has 0 aromatic heterocycles. The van der Waals surface area contributed by atoms with Crippen molar-refractivity contribution in [3.63, 3.8) is 0 Å². The van der Waals surface area contributed by atoms with Gasteiger partial charge in [0.2, 0.25) is 6.17 Å². The summed E-state index contributed by atoms with van der Waals surface area (Å²) in [4.78, 5) is 0. The van der Waals surface area contributed by atoms with E-state index in [1.165, 1.54) is 0 Å². The van der Waals surface area contributed by atoms with Gasteiger partial charge in [-0.15, -0.1) is 10.2 Å². The first-order valence-electron chi connectivity index (χ1n) is 3.93. The fourth-order valence-corrected chi connectivity index (χ4v) is 0.943. The van der Waals surface area contributed by atoms with Crippen LogP contribution in [0.25, 0.3) is 0 Å². The van der Waals surface area contributed by atoms with Crippen LogP contribution in [-0.4, -0.2) is 12.8 Å². The van der Waals surface area contributed by atoms with E-state index in [4.69, 9.17) is 4.74 Å². The highest BCUT2D eigenvalue weighted by Gasteiger charge is 2.09. The van der Waals surface area contributed by atoms with E-state index in [2.05, 4.69) is 20.7 Å². The van der Waals surface area contributed by atoms with Crippen LogP contribution in [0.5, 0.6) is 5.75 Å². The molecule has 0 aliphatic carbocycles. The molecule has 5 nitrogen and oxygen atoms in total. The molecule has 0 N–H and O–H groups in total. The molecule has 66 valence electrons. The molecule has 1 heterocycles. The van der Waals surface area contributed by atoms with Gasteiger partial charge < -0.3 is 4.74 Å². The first-order valence-corrected chi connectivity index (χ1v) is 3.93. The van der Waals surface area contributed by atoms with Crippen molar-refractivity contribution in [1.29, 1.82) is 0 Å². The Kier molecular flexibility index (Phi) is 2.26. The van der Waals surface area contributed by atoms with Crippen LogP contribution >= 0.6 is 0 Å². The van der Waals surface area contributed by atoms with E-state index in [9.17, 15) is 0 Å². The summed E-state index contributed by atoms with van der Waals surface area (Å²) in [7, 11) is 0. The number of benzene rings is 1. The lowest BCUT2D eigenvalue weighted by Crippen LogP contribution is -2.10. The third-order valence-electron chi connectivity index (χ3n) is 1.55. The number of para-hydroxylation sites is 1. The summed E-state index contributed by atoms with van der Waals surface area (Å²) in [5.41, 5.74) is 0.